The molecule has 0 aliphatic heterocycles. The quantitative estimate of drug-likeness (QED) is 0.724. The number of nitrogens with zero attached hydrogens (tertiary/aromatic N) is 3. The van der Waals surface area contributed by atoms with Crippen LogP contribution < -0.4 is 4.74 Å². The van der Waals surface area contributed by atoms with Gasteiger partial charge in [0, 0.05) is 6.61 Å². The molecule has 1 rings (SSSR count). The number of halogens is 2. The molecule has 0 N–H and O–H groups in total. The Balaban J connectivity index is 2.31. The third-order valence-corrected chi connectivity index (χ3v) is 1.71. The number of hydrogen-bond donors (Lipinski definition) is 0. The summed E-state index contributed by atoms with van der Waals surface area (Å²) in [6.07, 6.45) is 0.976. The monoisotopic (exact) mass is 251 g/mol. The fourth-order valence-corrected chi connectivity index (χ4v) is 1.16. The van der Waals surface area contributed by atoms with Crippen molar-refractivity contribution in [2.24, 2.45) is 0 Å². The summed E-state index contributed by atoms with van der Waals surface area (Å²) in [6, 6.07) is 0.111. The Hall–Kier alpha value is -0.650. The summed E-state index contributed by atoms with van der Waals surface area (Å²) in [7, 11) is 0. The molecule has 0 spiro atoms. The van der Waals surface area contributed by atoms with Crippen molar-refractivity contribution in [3.05, 3.63) is 10.6 Å². The smallest absolute Gasteiger partial charge is 0.322 e. The zero-order chi connectivity index (χ0) is 11.1. The molecule has 0 bridgehead atoms. The van der Waals surface area contributed by atoms with Gasteiger partial charge in [0.05, 0.1) is 6.61 Å². The molecule has 0 fully saturated rings. The molecular formula is C8H11Cl2N3O2. The van der Waals surface area contributed by atoms with Crippen molar-refractivity contribution >= 4 is 23.2 Å². The van der Waals surface area contributed by atoms with Gasteiger partial charge in [-0.25, -0.2) is 0 Å². The zero-order valence-electron chi connectivity index (χ0n) is 8.24. The summed E-state index contributed by atoms with van der Waals surface area (Å²) in [4.78, 5) is 11.1. The lowest BCUT2D eigenvalue weighted by Crippen LogP contribution is -2.09. The van der Waals surface area contributed by atoms with Crippen LogP contribution in [0.1, 0.15) is 13.3 Å². The Labute approximate surface area is 97.7 Å². The summed E-state index contributed by atoms with van der Waals surface area (Å²) in [6.45, 7) is 3.58. The Morgan fingerprint density at radius 3 is 2.27 bits per heavy atom. The molecule has 0 atom stereocenters. The van der Waals surface area contributed by atoms with E-state index >= 15 is 0 Å². The molecule has 0 unspecified atom stereocenters. The first kappa shape index (κ1) is 12.4. The molecule has 1 heterocycles. The van der Waals surface area contributed by atoms with Gasteiger partial charge < -0.3 is 9.47 Å². The number of hydrogen-bond acceptors (Lipinski definition) is 5. The standard InChI is InChI=1S/C8H11Cl2N3O2/c1-2-3-14-4-5-15-8-12-6(9)11-7(10)13-8/h2-5H2,1H3. The van der Waals surface area contributed by atoms with Gasteiger partial charge in [-0.2, -0.15) is 15.0 Å². The maximum Gasteiger partial charge on any atom is 0.322 e. The second-order valence-electron chi connectivity index (χ2n) is 2.62. The highest BCUT2D eigenvalue weighted by molar-refractivity contribution is 6.31. The van der Waals surface area contributed by atoms with Crippen molar-refractivity contribution in [3.8, 4) is 6.01 Å². The van der Waals surface area contributed by atoms with E-state index in [9.17, 15) is 0 Å². The maximum atomic E-state index is 5.55. The second-order valence-corrected chi connectivity index (χ2v) is 3.29. The fourth-order valence-electron chi connectivity index (χ4n) is 0.812. The highest BCUT2D eigenvalue weighted by Gasteiger charge is 2.03. The van der Waals surface area contributed by atoms with Gasteiger partial charge in [0.2, 0.25) is 10.6 Å². The van der Waals surface area contributed by atoms with Crippen molar-refractivity contribution in [3.63, 3.8) is 0 Å². The van der Waals surface area contributed by atoms with Crippen molar-refractivity contribution < 1.29 is 9.47 Å². The summed E-state index contributed by atoms with van der Waals surface area (Å²) < 4.78 is 10.4. The van der Waals surface area contributed by atoms with E-state index in [1.807, 2.05) is 6.92 Å². The summed E-state index contributed by atoms with van der Waals surface area (Å²) >= 11 is 11.1. The van der Waals surface area contributed by atoms with Crippen LogP contribution in [-0.4, -0.2) is 34.8 Å². The van der Waals surface area contributed by atoms with E-state index in [-0.39, 0.29) is 16.6 Å². The van der Waals surface area contributed by atoms with Crippen molar-refractivity contribution in [2.45, 2.75) is 13.3 Å². The highest BCUT2D eigenvalue weighted by atomic mass is 35.5. The van der Waals surface area contributed by atoms with Gasteiger partial charge in [0.15, 0.2) is 0 Å². The van der Waals surface area contributed by atoms with E-state index in [2.05, 4.69) is 15.0 Å². The van der Waals surface area contributed by atoms with Gasteiger partial charge in [-0.3, -0.25) is 0 Å². The molecule has 0 aliphatic rings. The molecule has 0 radical (unpaired) electrons. The molecule has 1 aromatic heterocycles. The summed E-state index contributed by atoms with van der Waals surface area (Å²) in [5.74, 6) is 0. The van der Waals surface area contributed by atoms with Gasteiger partial charge >= 0.3 is 6.01 Å². The fraction of sp³-hybridized carbons (Fsp3) is 0.625. The first-order valence-electron chi connectivity index (χ1n) is 4.50. The van der Waals surface area contributed by atoms with E-state index in [1.54, 1.807) is 0 Å². The van der Waals surface area contributed by atoms with Crippen LogP contribution in [0.25, 0.3) is 0 Å². The van der Waals surface area contributed by atoms with Gasteiger partial charge in [-0.05, 0) is 29.6 Å². The van der Waals surface area contributed by atoms with E-state index in [0.717, 1.165) is 6.42 Å². The van der Waals surface area contributed by atoms with Crippen LogP contribution in [0, 0.1) is 0 Å². The van der Waals surface area contributed by atoms with Crippen molar-refractivity contribution in [1.82, 2.24) is 15.0 Å². The minimum atomic E-state index is 0.0134. The zero-order valence-corrected chi connectivity index (χ0v) is 9.75. The lowest BCUT2D eigenvalue weighted by molar-refractivity contribution is 0.0971. The number of aromatic nitrogens is 3. The van der Waals surface area contributed by atoms with Crippen LogP contribution in [0.4, 0.5) is 0 Å². The van der Waals surface area contributed by atoms with Crippen LogP contribution in [0.15, 0.2) is 0 Å². The first-order valence-corrected chi connectivity index (χ1v) is 5.25. The molecule has 84 valence electrons. The second kappa shape index (κ2) is 6.76. The van der Waals surface area contributed by atoms with Crippen LogP contribution in [0.5, 0.6) is 6.01 Å². The Morgan fingerprint density at radius 2 is 1.67 bits per heavy atom. The van der Waals surface area contributed by atoms with E-state index in [4.69, 9.17) is 32.7 Å². The van der Waals surface area contributed by atoms with Crippen molar-refractivity contribution in [1.29, 1.82) is 0 Å². The molecule has 0 aromatic carbocycles. The predicted octanol–water partition coefficient (Wildman–Crippen LogP) is 1.98. The average molecular weight is 252 g/mol. The predicted molar refractivity (Wildman–Crippen MR) is 56.5 cm³/mol. The first-order chi connectivity index (χ1) is 7.22. The van der Waals surface area contributed by atoms with Crippen LogP contribution >= 0.6 is 23.2 Å². The van der Waals surface area contributed by atoms with E-state index < -0.39 is 0 Å². The normalized spacial score (nSPS) is 10.3. The lowest BCUT2D eigenvalue weighted by atomic mass is 10.5. The Bertz CT molecular complexity index is 292. The molecule has 7 heteroatoms. The topological polar surface area (TPSA) is 57.1 Å². The van der Waals surface area contributed by atoms with E-state index in [0.29, 0.717) is 19.8 Å². The van der Waals surface area contributed by atoms with Gasteiger partial charge in [0.25, 0.3) is 0 Å². The molecule has 0 amide bonds. The Kier molecular flexibility index (Phi) is 5.60. The molecule has 15 heavy (non-hydrogen) atoms. The lowest BCUT2D eigenvalue weighted by Gasteiger charge is -2.04. The van der Waals surface area contributed by atoms with Crippen molar-refractivity contribution in [2.75, 3.05) is 19.8 Å². The summed E-state index contributed by atoms with van der Waals surface area (Å²) in [5.41, 5.74) is 0. The van der Waals surface area contributed by atoms with Gasteiger partial charge in [-0.1, -0.05) is 6.92 Å². The minimum absolute atomic E-state index is 0.0134. The third-order valence-electron chi connectivity index (χ3n) is 1.37. The Morgan fingerprint density at radius 1 is 1.00 bits per heavy atom. The van der Waals surface area contributed by atoms with Crippen LogP contribution in [0.3, 0.4) is 0 Å². The van der Waals surface area contributed by atoms with E-state index in [1.165, 1.54) is 0 Å². The molecule has 1 aromatic rings. The molecule has 0 saturated heterocycles. The van der Waals surface area contributed by atoms with Crippen LogP contribution in [-0.2, 0) is 4.74 Å². The summed E-state index contributed by atoms with van der Waals surface area (Å²) in [5, 5.41) is 0.0268. The third kappa shape index (κ3) is 5.11. The molecule has 0 saturated carbocycles. The average Bonchev–Trinajstić information content (AvgIpc) is 2.16. The highest BCUT2D eigenvalue weighted by Crippen LogP contribution is 2.10. The van der Waals surface area contributed by atoms with Gasteiger partial charge in [0.1, 0.15) is 6.61 Å². The van der Waals surface area contributed by atoms with Gasteiger partial charge in [-0.15, -0.1) is 0 Å². The SMILES string of the molecule is CCCOCCOc1nc(Cl)nc(Cl)n1. The number of rotatable bonds is 6. The van der Waals surface area contributed by atoms with Crippen LogP contribution in [0.2, 0.25) is 10.6 Å². The molecule has 5 nitrogen and oxygen atoms in total. The molecular weight excluding hydrogens is 241 g/mol. The minimum Gasteiger partial charge on any atom is -0.461 e. The maximum absolute atomic E-state index is 5.55. The number of ether oxygens (including phenoxy) is 2. The largest absolute Gasteiger partial charge is 0.461 e. The molecule has 0 aliphatic carbocycles.